The maximum absolute atomic E-state index is 12.0. The van der Waals surface area contributed by atoms with Gasteiger partial charge >= 0.3 is 0 Å². The average molecular weight is 293 g/mol. The van der Waals surface area contributed by atoms with Gasteiger partial charge in [-0.15, -0.1) is 0 Å². The largest absolute Gasteiger partial charge is 0.343 e. The fraction of sp³-hybridized carbons (Fsp3) is 0.909. The molecule has 1 saturated carbocycles. The molecule has 1 fully saturated rings. The van der Waals surface area contributed by atoms with Gasteiger partial charge in [0.2, 0.25) is 13.8 Å². The summed E-state index contributed by atoms with van der Waals surface area (Å²) in [4.78, 5) is 22.2. The number of hydrogen-bond acceptors (Lipinski definition) is 5. The van der Waals surface area contributed by atoms with E-state index in [4.69, 9.17) is 5.73 Å². The number of amides is 1. The highest BCUT2D eigenvalue weighted by molar-refractivity contribution is 7.57. The highest BCUT2D eigenvalue weighted by atomic mass is 31.2. The van der Waals surface area contributed by atoms with Crippen LogP contribution in [0, 0.1) is 5.92 Å². The summed E-state index contributed by atoms with van der Waals surface area (Å²) in [6, 6.07) is 0. The van der Waals surface area contributed by atoms with Crippen molar-refractivity contribution in [2.24, 2.45) is 11.7 Å². The van der Waals surface area contributed by atoms with Crippen molar-refractivity contribution in [3.63, 3.8) is 0 Å². The lowest BCUT2D eigenvalue weighted by Gasteiger charge is -2.38. The third-order valence-corrected chi connectivity index (χ3v) is 5.25. The van der Waals surface area contributed by atoms with E-state index in [1.807, 2.05) is 0 Å². The Labute approximate surface area is 113 Å². The van der Waals surface area contributed by atoms with Gasteiger partial charge in [-0.05, 0) is 32.4 Å². The molecule has 0 bridgehead atoms. The molecule has 1 rings (SSSR count). The number of carbonyl (C=O) groups is 1. The fourth-order valence-corrected chi connectivity index (χ4v) is 3.81. The van der Waals surface area contributed by atoms with Gasteiger partial charge in [-0.1, -0.05) is 12.8 Å². The molecule has 1 aliphatic carbocycles. The molecule has 0 aromatic heterocycles. The van der Waals surface area contributed by atoms with Crippen LogP contribution < -0.4 is 5.73 Å². The van der Waals surface area contributed by atoms with Gasteiger partial charge in [-0.3, -0.25) is 19.5 Å². The van der Waals surface area contributed by atoms with Gasteiger partial charge in [0, 0.05) is 6.66 Å². The molecule has 0 saturated heterocycles. The standard InChI is InChI=1S/C11H24N3O4P/c1-13(10(5-6-12)14(16)8-15)11(19(2,17)18)7-9-3-4-9/h8-11,16H,3-7,12H2,1-2H3,(H,17,18). The monoisotopic (exact) mass is 293 g/mol. The Bertz CT molecular complexity index is 345. The minimum absolute atomic E-state index is 0.273. The van der Waals surface area contributed by atoms with Crippen LogP contribution in [-0.2, 0) is 9.36 Å². The summed E-state index contributed by atoms with van der Waals surface area (Å²) in [7, 11) is -1.70. The van der Waals surface area contributed by atoms with Crippen molar-refractivity contribution in [3.8, 4) is 0 Å². The molecule has 1 aliphatic rings. The molecule has 19 heavy (non-hydrogen) atoms. The van der Waals surface area contributed by atoms with E-state index in [1.54, 1.807) is 11.9 Å². The van der Waals surface area contributed by atoms with E-state index in [2.05, 4.69) is 0 Å². The number of nitrogens with two attached hydrogens (primary N) is 1. The quantitative estimate of drug-likeness (QED) is 0.187. The smallest absolute Gasteiger partial charge is 0.234 e. The van der Waals surface area contributed by atoms with Gasteiger partial charge in [0.1, 0.15) is 6.17 Å². The number of hydrogen-bond donors (Lipinski definition) is 3. The second kappa shape index (κ2) is 6.81. The van der Waals surface area contributed by atoms with Crippen LogP contribution in [-0.4, -0.2) is 58.7 Å². The van der Waals surface area contributed by atoms with Crippen LogP contribution in [0.15, 0.2) is 0 Å². The second-order valence-corrected chi connectivity index (χ2v) is 7.79. The molecule has 0 aromatic carbocycles. The number of carbonyl (C=O) groups excluding carboxylic acids is 1. The number of hydroxylamine groups is 2. The normalized spacial score (nSPS) is 21.8. The van der Waals surface area contributed by atoms with Crippen molar-refractivity contribution in [3.05, 3.63) is 0 Å². The molecule has 3 atom stereocenters. The number of nitrogens with zero attached hydrogens (tertiary/aromatic N) is 2. The van der Waals surface area contributed by atoms with Crippen molar-refractivity contribution in [1.29, 1.82) is 0 Å². The van der Waals surface area contributed by atoms with E-state index in [0.29, 0.717) is 30.2 Å². The first-order valence-corrected chi connectivity index (χ1v) is 8.63. The van der Waals surface area contributed by atoms with Gasteiger partial charge < -0.3 is 10.6 Å². The van der Waals surface area contributed by atoms with E-state index in [0.717, 1.165) is 12.8 Å². The SMILES string of the molecule is CN(C(CCN)N(O)C=O)C(CC1CC1)P(C)(=O)O. The maximum atomic E-state index is 12.0. The lowest BCUT2D eigenvalue weighted by molar-refractivity contribution is -0.178. The predicted molar refractivity (Wildman–Crippen MR) is 71.8 cm³/mol. The third kappa shape index (κ3) is 4.85. The van der Waals surface area contributed by atoms with Gasteiger partial charge in [0.25, 0.3) is 0 Å². The van der Waals surface area contributed by atoms with E-state index in [-0.39, 0.29) is 6.54 Å². The van der Waals surface area contributed by atoms with Gasteiger partial charge in [0.15, 0.2) is 0 Å². The molecule has 0 aromatic rings. The molecule has 0 heterocycles. The zero-order valence-corrected chi connectivity index (χ0v) is 12.4. The highest BCUT2D eigenvalue weighted by Gasteiger charge is 2.39. The first kappa shape index (κ1) is 16.6. The maximum Gasteiger partial charge on any atom is 0.234 e. The molecular formula is C11H24N3O4P. The molecule has 3 unspecified atom stereocenters. The summed E-state index contributed by atoms with van der Waals surface area (Å²) in [5, 5.41) is 10.1. The van der Waals surface area contributed by atoms with Crippen LogP contribution in [0.25, 0.3) is 0 Å². The minimum atomic E-state index is -3.34. The van der Waals surface area contributed by atoms with Crippen molar-refractivity contribution in [1.82, 2.24) is 9.96 Å². The highest BCUT2D eigenvalue weighted by Crippen LogP contribution is 2.50. The van der Waals surface area contributed by atoms with Gasteiger partial charge in [-0.25, -0.2) is 5.06 Å². The van der Waals surface area contributed by atoms with Crippen LogP contribution >= 0.6 is 7.37 Å². The zero-order chi connectivity index (χ0) is 14.6. The molecular weight excluding hydrogens is 269 g/mol. The Morgan fingerprint density at radius 1 is 1.53 bits per heavy atom. The summed E-state index contributed by atoms with van der Waals surface area (Å²) in [5.41, 5.74) is 5.47. The summed E-state index contributed by atoms with van der Waals surface area (Å²) >= 11 is 0. The van der Waals surface area contributed by atoms with Crippen LogP contribution in [0.3, 0.4) is 0 Å². The van der Waals surface area contributed by atoms with E-state index >= 15 is 0 Å². The average Bonchev–Trinajstić information content (AvgIpc) is 3.13. The Morgan fingerprint density at radius 3 is 2.47 bits per heavy atom. The van der Waals surface area contributed by atoms with Crippen LogP contribution in [0.5, 0.6) is 0 Å². The molecule has 1 amide bonds. The second-order valence-electron chi connectivity index (χ2n) is 5.31. The third-order valence-electron chi connectivity index (χ3n) is 3.57. The lowest BCUT2D eigenvalue weighted by Crippen LogP contribution is -2.50. The van der Waals surface area contributed by atoms with Crippen LogP contribution in [0.4, 0.5) is 0 Å². The van der Waals surface area contributed by atoms with Crippen LogP contribution in [0.1, 0.15) is 25.7 Å². The Morgan fingerprint density at radius 2 is 2.11 bits per heavy atom. The summed E-state index contributed by atoms with van der Waals surface area (Å²) in [6.45, 7) is 1.59. The first-order valence-electron chi connectivity index (χ1n) is 6.45. The molecule has 7 nitrogen and oxygen atoms in total. The van der Waals surface area contributed by atoms with E-state index < -0.39 is 19.3 Å². The first-order chi connectivity index (χ1) is 8.81. The van der Waals surface area contributed by atoms with E-state index in [1.165, 1.54) is 6.66 Å². The predicted octanol–water partition coefficient (Wildman–Crippen LogP) is 0.467. The molecule has 112 valence electrons. The lowest BCUT2D eigenvalue weighted by atomic mass is 10.2. The Kier molecular flexibility index (Phi) is 5.95. The van der Waals surface area contributed by atoms with Crippen molar-refractivity contribution >= 4 is 13.8 Å². The molecule has 8 heteroatoms. The van der Waals surface area contributed by atoms with Crippen molar-refractivity contribution < 1.29 is 19.5 Å². The van der Waals surface area contributed by atoms with Gasteiger partial charge in [0.05, 0.1) is 5.78 Å². The molecule has 0 spiro atoms. The number of rotatable bonds is 9. The summed E-state index contributed by atoms with van der Waals surface area (Å²) in [5.74, 6) is -0.0964. The van der Waals surface area contributed by atoms with Gasteiger partial charge in [-0.2, -0.15) is 0 Å². The Balaban J connectivity index is 2.84. The molecule has 0 aliphatic heterocycles. The van der Waals surface area contributed by atoms with Crippen molar-refractivity contribution in [2.45, 2.75) is 37.6 Å². The summed E-state index contributed by atoms with van der Waals surface area (Å²) in [6.07, 6.45) is 2.71. The molecule has 4 N–H and O–H groups in total. The molecule has 0 radical (unpaired) electrons. The Hall–Kier alpha value is -0.460. The summed E-state index contributed by atoms with van der Waals surface area (Å²) < 4.78 is 12.0. The van der Waals surface area contributed by atoms with Crippen molar-refractivity contribution in [2.75, 3.05) is 20.3 Å². The minimum Gasteiger partial charge on any atom is -0.343 e. The fourth-order valence-electron chi connectivity index (χ4n) is 2.29. The van der Waals surface area contributed by atoms with Crippen LogP contribution in [0.2, 0.25) is 0 Å². The zero-order valence-electron chi connectivity index (χ0n) is 11.5. The topological polar surface area (TPSA) is 107 Å². The van der Waals surface area contributed by atoms with E-state index in [9.17, 15) is 19.5 Å².